The summed E-state index contributed by atoms with van der Waals surface area (Å²) >= 11 is 0. The lowest BCUT2D eigenvalue weighted by atomic mass is 9.97. The van der Waals surface area contributed by atoms with Gasteiger partial charge in [-0.2, -0.15) is 0 Å². The van der Waals surface area contributed by atoms with Crippen molar-refractivity contribution >= 4 is 17.1 Å². The molecule has 1 amide bonds. The molecule has 4 rings (SSSR count). The van der Waals surface area contributed by atoms with E-state index in [4.69, 9.17) is 0 Å². The Kier molecular flexibility index (Phi) is 6.83. The minimum atomic E-state index is -0.703. The summed E-state index contributed by atoms with van der Waals surface area (Å²) in [6, 6.07) is 11.4. The van der Waals surface area contributed by atoms with Gasteiger partial charge in [-0.25, -0.2) is 4.98 Å². The average Bonchev–Trinajstić information content (AvgIpc) is 2.77. The predicted molar refractivity (Wildman–Crippen MR) is 125 cm³/mol. The molecule has 1 fully saturated rings. The van der Waals surface area contributed by atoms with Gasteiger partial charge in [-0.3, -0.25) is 23.5 Å². The van der Waals surface area contributed by atoms with E-state index < -0.39 is 11.1 Å². The first-order valence-corrected chi connectivity index (χ1v) is 11.5. The Morgan fingerprint density at radius 2 is 1.62 bits per heavy atom. The number of fused-ring (bicyclic) bond motifs is 1. The second kappa shape index (κ2) is 9.94. The Balaban J connectivity index is 1.63. The van der Waals surface area contributed by atoms with Crippen LogP contribution in [0, 0.1) is 6.92 Å². The van der Waals surface area contributed by atoms with Gasteiger partial charge in [0.15, 0.2) is 5.65 Å². The Morgan fingerprint density at radius 3 is 2.34 bits per heavy atom. The summed E-state index contributed by atoms with van der Waals surface area (Å²) in [7, 11) is 0. The number of hydrogen-bond acceptors (Lipinski definition) is 4. The molecular formula is C25H30N4O3. The smallest absolute Gasteiger partial charge is 0.318 e. The van der Waals surface area contributed by atoms with E-state index in [-0.39, 0.29) is 25.0 Å². The fourth-order valence-corrected chi connectivity index (χ4v) is 4.44. The molecule has 0 saturated heterocycles. The summed E-state index contributed by atoms with van der Waals surface area (Å²) < 4.78 is 2.65. The molecule has 2 aromatic heterocycles. The average molecular weight is 435 g/mol. The van der Waals surface area contributed by atoms with Gasteiger partial charge < -0.3 is 5.32 Å². The van der Waals surface area contributed by atoms with Crippen LogP contribution in [0.2, 0.25) is 0 Å². The van der Waals surface area contributed by atoms with E-state index >= 15 is 0 Å². The molecule has 1 aliphatic carbocycles. The van der Waals surface area contributed by atoms with Crippen molar-refractivity contribution in [3.63, 3.8) is 0 Å². The molecule has 0 radical (unpaired) electrons. The largest absolute Gasteiger partial charge is 0.352 e. The molecule has 1 saturated carbocycles. The molecule has 32 heavy (non-hydrogen) atoms. The van der Waals surface area contributed by atoms with Gasteiger partial charge in [-0.1, -0.05) is 61.9 Å². The van der Waals surface area contributed by atoms with Crippen molar-refractivity contribution in [3.8, 4) is 0 Å². The third-order valence-electron chi connectivity index (χ3n) is 6.22. The molecule has 1 N–H and O–H groups in total. The normalized spacial score (nSPS) is 15.3. The van der Waals surface area contributed by atoms with Crippen molar-refractivity contribution in [2.24, 2.45) is 0 Å². The number of nitrogens with one attached hydrogen (secondary N) is 1. The molecule has 3 aromatic rings. The van der Waals surface area contributed by atoms with Crippen molar-refractivity contribution in [1.82, 2.24) is 19.4 Å². The lowest BCUT2D eigenvalue weighted by Crippen LogP contribution is -2.45. The van der Waals surface area contributed by atoms with E-state index in [1.54, 1.807) is 18.3 Å². The topological polar surface area (TPSA) is 86.0 Å². The molecule has 1 aromatic carbocycles. The van der Waals surface area contributed by atoms with E-state index in [1.165, 1.54) is 28.4 Å². The van der Waals surface area contributed by atoms with Gasteiger partial charge in [0.05, 0.1) is 12.1 Å². The van der Waals surface area contributed by atoms with E-state index in [0.717, 1.165) is 36.8 Å². The molecule has 0 bridgehead atoms. The first kappa shape index (κ1) is 22.0. The number of aryl methyl sites for hydroxylation is 1. The minimum Gasteiger partial charge on any atom is -0.352 e. The molecule has 0 aliphatic heterocycles. The maximum absolute atomic E-state index is 13.0. The lowest BCUT2D eigenvalue weighted by molar-refractivity contribution is -0.122. The van der Waals surface area contributed by atoms with Crippen molar-refractivity contribution in [2.45, 2.75) is 71.0 Å². The quantitative estimate of drug-likeness (QED) is 0.625. The third-order valence-corrected chi connectivity index (χ3v) is 6.22. The standard InChI is InChI=1S/C25H30N4O3/c1-18-11-13-19(14-12-18)16-29-23-21(10-7-15-26-23)28(24(31)25(29)32)17-22(30)27-20-8-5-3-2-4-6-9-20/h7,10-15,20H,2-6,8-9,16-17H2,1H3,(H,27,30). The van der Waals surface area contributed by atoms with Gasteiger partial charge in [-0.15, -0.1) is 0 Å². The SMILES string of the molecule is Cc1ccc(Cn2c(=O)c(=O)n(CC(=O)NC3CCCCCCC3)c3cccnc32)cc1. The maximum Gasteiger partial charge on any atom is 0.318 e. The summed E-state index contributed by atoms with van der Waals surface area (Å²) in [4.78, 5) is 43.2. The van der Waals surface area contributed by atoms with Gasteiger partial charge in [0.2, 0.25) is 5.91 Å². The van der Waals surface area contributed by atoms with Crippen molar-refractivity contribution in [1.29, 1.82) is 0 Å². The molecule has 1 aliphatic rings. The Labute approximate surface area is 187 Å². The van der Waals surface area contributed by atoms with Crippen LogP contribution in [0.25, 0.3) is 11.2 Å². The third kappa shape index (κ3) is 4.98. The zero-order chi connectivity index (χ0) is 22.5. The van der Waals surface area contributed by atoms with Crippen LogP contribution in [0.1, 0.15) is 56.1 Å². The number of carbonyl (C=O) groups excluding carboxylic acids is 1. The Morgan fingerprint density at radius 1 is 0.969 bits per heavy atom. The van der Waals surface area contributed by atoms with Crippen LogP contribution in [0.5, 0.6) is 0 Å². The highest BCUT2D eigenvalue weighted by molar-refractivity contribution is 5.79. The zero-order valence-corrected chi connectivity index (χ0v) is 18.5. The van der Waals surface area contributed by atoms with Crippen LogP contribution >= 0.6 is 0 Å². The Bertz CT molecular complexity index is 1200. The summed E-state index contributed by atoms with van der Waals surface area (Å²) in [5.41, 5.74) is 1.54. The van der Waals surface area contributed by atoms with Gasteiger partial charge in [0.25, 0.3) is 0 Å². The molecule has 2 heterocycles. The first-order valence-electron chi connectivity index (χ1n) is 11.5. The number of amides is 1. The van der Waals surface area contributed by atoms with Crippen molar-refractivity contribution in [3.05, 3.63) is 74.4 Å². The van der Waals surface area contributed by atoms with E-state index in [0.29, 0.717) is 11.2 Å². The highest BCUT2D eigenvalue weighted by Crippen LogP contribution is 2.17. The number of carbonyl (C=O) groups is 1. The second-order valence-corrected chi connectivity index (χ2v) is 8.72. The summed E-state index contributed by atoms with van der Waals surface area (Å²) in [5.74, 6) is -0.237. The maximum atomic E-state index is 13.0. The highest BCUT2D eigenvalue weighted by atomic mass is 16.2. The number of hydrogen-bond donors (Lipinski definition) is 1. The highest BCUT2D eigenvalue weighted by Gasteiger charge is 2.19. The van der Waals surface area contributed by atoms with Gasteiger partial charge in [0.1, 0.15) is 6.54 Å². The Hall–Kier alpha value is -3.22. The van der Waals surface area contributed by atoms with Gasteiger partial charge >= 0.3 is 11.1 Å². The molecule has 7 heteroatoms. The van der Waals surface area contributed by atoms with Crippen LogP contribution in [0.15, 0.2) is 52.2 Å². The van der Waals surface area contributed by atoms with Gasteiger partial charge in [0, 0.05) is 12.2 Å². The fraction of sp³-hybridized carbons (Fsp3) is 0.440. The van der Waals surface area contributed by atoms with E-state index in [1.807, 2.05) is 31.2 Å². The lowest BCUT2D eigenvalue weighted by Gasteiger charge is -2.21. The molecule has 0 spiro atoms. The number of nitrogens with zero attached hydrogens (tertiary/aromatic N) is 3. The molecular weight excluding hydrogens is 404 g/mol. The van der Waals surface area contributed by atoms with E-state index in [9.17, 15) is 14.4 Å². The zero-order valence-electron chi connectivity index (χ0n) is 18.5. The van der Waals surface area contributed by atoms with Crippen LogP contribution in [-0.4, -0.2) is 26.1 Å². The minimum absolute atomic E-state index is 0.129. The molecule has 168 valence electrons. The summed E-state index contributed by atoms with van der Waals surface area (Å²) in [6.07, 6.45) is 9.37. The summed E-state index contributed by atoms with van der Waals surface area (Å²) in [5, 5.41) is 3.08. The number of aromatic nitrogens is 3. The molecule has 0 atom stereocenters. The van der Waals surface area contributed by atoms with Crippen LogP contribution in [0.3, 0.4) is 0 Å². The number of benzene rings is 1. The monoisotopic (exact) mass is 434 g/mol. The van der Waals surface area contributed by atoms with Crippen molar-refractivity contribution in [2.75, 3.05) is 0 Å². The van der Waals surface area contributed by atoms with Crippen molar-refractivity contribution < 1.29 is 4.79 Å². The van der Waals surface area contributed by atoms with Gasteiger partial charge in [-0.05, 0) is 37.5 Å². The molecule has 0 unspecified atom stereocenters. The second-order valence-electron chi connectivity index (χ2n) is 8.72. The van der Waals surface area contributed by atoms with E-state index in [2.05, 4.69) is 10.3 Å². The van der Waals surface area contributed by atoms with Crippen LogP contribution < -0.4 is 16.4 Å². The first-order chi connectivity index (χ1) is 15.5. The van der Waals surface area contributed by atoms with Crippen LogP contribution in [-0.2, 0) is 17.9 Å². The number of pyridine rings is 1. The predicted octanol–water partition coefficient (Wildman–Crippen LogP) is 3.14. The fourth-order valence-electron chi connectivity index (χ4n) is 4.44. The van der Waals surface area contributed by atoms with Crippen LogP contribution in [0.4, 0.5) is 0 Å². The number of rotatable bonds is 5. The molecule has 7 nitrogen and oxygen atoms in total. The summed E-state index contributed by atoms with van der Waals surface area (Å²) in [6.45, 7) is 2.06.